The van der Waals surface area contributed by atoms with E-state index in [1.165, 1.54) is 24.3 Å². The minimum atomic E-state index is -4.67. The van der Waals surface area contributed by atoms with Crippen LogP contribution in [0.5, 0.6) is 23.0 Å². The number of β-amino-alcohol motifs (C(OH)–C–C–N with tert-alkyl or cyclic N) is 4. The number of aliphatic hydroxyl groups excluding tert-OH is 8. The summed E-state index contributed by atoms with van der Waals surface area (Å²) in [5, 5.41) is 126. The Bertz CT molecular complexity index is 2240. The minimum absolute atomic E-state index is 0.0484. The van der Waals surface area contributed by atoms with Crippen molar-refractivity contribution in [3.05, 3.63) is 117 Å². The summed E-state index contributed by atoms with van der Waals surface area (Å²) >= 11 is 0. The number of hydrogen-bond donors (Lipinski definition) is 20. The third kappa shape index (κ3) is 38.8. The number of aromatic hydroxyl groups is 4. The second-order valence-corrected chi connectivity index (χ2v) is 23.5. The summed E-state index contributed by atoms with van der Waals surface area (Å²) in [4.78, 5) is 0. The number of hydrogen-bond acceptors (Lipinski definition) is 20. The molecular weight excluding hydrogens is 1060 g/mol. The predicted molar refractivity (Wildman–Crippen MR) is 295 cm³/mol. The molecule has 20 N–H and O–H groups in total. The number of nitrogens with one attached hydrogen (secondary N) is 4. The topological polar surface area (TPSA) is 440 Å². The lowest BCUT2D eigenvalue weighted by molar-refractivity contribution is 0.162. The van der Waals surface area contributed by atoms with Crippen LogP contribution in [0.1, 0.15) is 152 Å². The Labute approximate surface area is 459 Å². The van der Waals surface area contributed by atoms with E-state index in [4.69, 9.17) is 55.5 Å². The van der Waals surface area contributed by atoms with Gasteiger partial charge in [-0.05, 0) is 154 Å². The molecule has 0 fully saturated rings. The molecule has 4 unspecified atom stereocenters. The molecule has 4 atom stereocenters. The zero-order valence-corrected chi connectivity index (χ0v) is 48.1. The summed E-state index contributed by atoms with van der Waals surface area (Å²) in [6.07, 6.45) is -2.61. The summed E-state index contributed by atoms with van der Waals surface area (Å²) in [6, 6.07) is 19.0. The molecule has 78 heavy (non-hydrogen) atoms. The summed E-state index contributed by atoms with van der Waals surface area (Å²) in [5.41, 5.74) is 4.22. The van der Waals surface area contributed by atoms with Crippen LogP contribution in [0.4, 0.5) is 0 Å². The first-order valence-electron chi connectivity index (χ1n) is 24.2. The molecule has 0 radical (unpaired) electrons. The molecule has 4 rings (SSSR count). The molecule has 0 bridgehead atoms. The van der Waals surface area contributed by atoms with Gasteiger partial charge >= 0.3 is 20.8 Å². The fourth-order valence-corrected chi connectivity index (χ4v) is 5.84. The number of benzene rings is 4. The van der Waals surface area contributed by atoms with Crippen LogP contribution in [-0.2, 0) is 47.2 Å². The van der Waals surface area contributed by atoms with E-state index in [1.807, 2.05) is 83.1 Å². The van der Waals surface area contributed by atoms with Gasteiger partial charge in [-0.2, -0.15) is 16.8 Å². The van der Waals surface area contributed by atoms with Crippen molar-refractivity contribution >= 4 is 20.8 Å². The Hall–Kier alpha value is -4.66. The quantitative estimate of drug-likeness (QED) is 0.0707. The van der Waals surface area contributed by atoms with Crippen molar-refractivity contribution in [2.24, 2.45) is 0 Å². The van der Waals surface area contributed by atoms with E-state index in [1.54, 1.807) is 48.5 Å². The fraction of sp³-hybridized carbons (Fsp3) is 0.538. The molecular formula is C52H88N4O20S2. The Balaban J connectivity index is 0. The molecule has 0 aliphatic rings. The SMILES string of the molecule is CC(C)(C)NCC(O)c1ccc(O)c(CO)c1.CC(C)(C)NCC(O)c1ccc(O)c(CO)c1.CC(C)(C)NCC(O)c1ccc(O)c(CO)c1.CC(C)(C)NCC(O)c1ccc(O)c(CO)c1.O=S(=O)(O)O.O=S(=O)(O)O. The average Bonchev–Trinajstić information content (AvgIpc) is 3.30. The Morgan fingerprint density at radius 1 is 0.346 bits per heavy atom. The molecule has 26 heteroatoms. The van der Waals surface area contributed by atoms with Gasteiger partial charge in [0.2, 0.25) is 0 Å². The van der Waals surface area contributed by atoms with E-state index < -0.39 is 45.2 Å². The molecule has 4 aromatic carbocycles. The molecule has 448 valence electrons. The van der Waals surface area contributed by atoms with E-state index >= 15 is 0 Å². The van der Waals surface area contributed by atoms with E-state index in [0.29, 0.717) is 70.7 Å². The normalized spacial score (nSPS) is 13.4. The minimum Gasteiger partial charge on any atom is -0.508 e. The smallest absolute Gasteiger partial charge is 0.394 e. The molecule has 0 amide bonds. The van der Waals surface area contributed by atoms with Crippen molar-refractivity contribution in [3.8, 4) is 23.0 Å². The highest BCUT2D eigenvalue weighted by molar-refractivity contribution is 7.80. The third-order valence-corrected chi connectivity index (χ3v) is 9.94. The molecule has 0 aromatic heterocycles. The van der Waals surface area contributed by atoms with Crippen molar-refractivity contribution in [2.75, 3.05) is 26.2 Å². The maximum absolute atomic E-state index is 9.97. The van der Waals surface area contributed by atoms with Gasteiger partial charge in [-0.25, -0.2) is 0 Å². The first-order chi connectivity index (χ1) is 35.3. The van der Waals surface area contributed by atoms with Gasteiger partial charge in [-0.15, -0.1) is 0 Å². The van der Waals surface area contributed by atoms with E-state index in [-0.39, 0.29) is 71.6 Å². The van der Waals surface area contributed by atoms with Gasteiger partial charge in [0.05, 0.1) is 50.8 Å². The highest BCUT2D eigenvalue weighted by Gasteiger charge is 2.18. The summed E-state index contributed by atoms with van der Waals surface area (Å²) < 4.78 is 63.2. The Morgan fingerprint density at radius 3 is 0.603 bits per heavy atom. The second-order valence-electron chi connectivity index (χ2n) is 21.7. The van der Waals surface area contributed by atoms with E-state index in [2.05, 4.69) is 21.3 Å². The summed E-state index contributed by atoms with van der Waals surface area (Å²) in [5.74, 6) is 0.193. The van der Waals surface area contributed by atoms with E-state index in [0.717, 1.165) is 0 Å². The number of phenols is 4. The third-order valence-electron chi connectivity index (χ3n) is 9.94. The van der Waals surface area contributed by atoms with Crippen molar-refractivity contribution in [1.82, 2.24) is 21.3 Å². The van der Waals surface area contributed by atoms with Crippen LogP contribution in [0.2, 0.25) is 0 Å². The number of rotatable bonds is 16. The predicted octanol–water partition coefficient (Wildman–Crippen LogP) is 3.92. The van der Waals surface area contributed by atoms with Crippen LogP contribution in [0, 0.1) is 0 Å². The molecule has 4 aromatic rings. The maximum Gasteiger partial charge on any atom is 0.394 e. The van der Waals surface area contributed by atoms with Crippen molar-refractivity contribution in [2.45, 2.75) is 156 Å². The van der Waals surface area contributed by atoms with Crippen LogP contribution >= 0.6 is 0 Å². The van der Waals surface area contributed by atoms with Crippen molar-refractivity contribution in [3.63, 3.8) is 0 Å². The van der Waals surface area contributed by atoms with Crippen molar-refractivity contribution in [1.29, 1.82) is 0 Å². The van der Waals surface area contributed by atoms with Gasteiger partial charge in [0.1, 0.15) is 23.0 Å². The molecule has 0 spiro atoms. The number of aliphatic hydroxyl groups is 8. The van der Waals surface area contributed by atoms with E-state index in [9.17, 15) is 40.9 Å². The summed E-state index contributed by atoms with van der Waals surface area (Å²) in [6.45, 7) is 25.1. The zero-order chi connectivity index (χ0) is 61.2. The van der Waals surface area contributed by atoms with Crippen LogP contribution in [0.15, 0.2) is 72.8 Å². The maximum atomic E-state index is 9.97. The van der Waals surface area contributed by atoms with Gasteiger partial charge in [0, 0.05) is 70.6 Å². The first-order valence-corrected chi connectivity index (χ1v) is 27.0. The first kappa shape index (κ1) is 75.4. The highest BCUT2D eigenvalue weighted by Crippen LogP contribution is 2.26. The summed E-state index contributed by atoms with van der Waals surface area (Å²) in [7, 11) is -9.33. The van der Waals surface area contributed by atoms with Crippen LogP contribution in [0.25, 0.3) is 0 Å². The fourth-order valence-electron chi connectivity index (χ4n) is 5.84. The monoisotopic (exact) mass is 1150 g/mol. The van der Waals surface area contributed by atoms with Crippen LogP contribution in [-0.4, -0.2) is 145 Å². The molecule has 0 aliphatic heterocycles. The lowest BCUT2D eigenvalue weighted by Crippen LogP contribution is -2.38. The van der Waals surface area contributed by atoms with Crippen molar-refractivity contribution < 1.29 is 96.3 Å². The Kier molecular flexibility index (Phi) is 33.3. The van der Waals surface area contributed by atoms with Crippen LogP contribution in [0.3, 0.4) is 0 Å². The zero-order valence-electron chi connectivity index (χ0n) is 46.5. The molecule has 0 saturated heterocycles. The lowest BCUT2D eigenvalue weighted by Gasteiger charge is -2.23. The molecule has 0 aliphatic carbocycles. The van der Waals surface area contributed by atoms with Gasteiger partial charge in [-0.1, -0.05) is 24.3 Å². The van der Waals surface area contributed by atoms with Gasteiger partial charge < -0.3 is 82.5 Å². The second kappa shape index (κ2) is 34.5. The Morgan fingerprint density at radius 2 is 0.487 bits per heavy atom. The molecule has 24 nitrogen and oxygen atoms in total. The van der Waals surface area contributed by atoms with Gasteiger partial charge in [0.15, 0.2) is 0 Å². The standard InChI is InChI=1S/4C13H21NO3.2H2O4S/c4*1-13(2,3)14-7-12(17)9-4-5-11(16)10(6-9)8-15;2*1-5(2,3)4/h4*4-6,12,14-17H,7-8H2,1-3H3;2*(H2,1,2,3,4). The van der Waals surface area contributed by atoms with Gasteiger partial charge in [0.25, 0.3) is 0 Å². The largest absolute Gasteiger partial charge is 0.508 e. The average molecular weight is 1150 g/mol. The lowest BCUT2D eigenvalue weighted by atomic mass is 10.0. The van der Waals surface area contributed by atoms with Gasteiger partial charge in [-0.3, -0.25) is 18.2 Å². The molecule has 0 saturated carbocycles. The highest BCUT2D eigenvalue weighted by atomic mass is 32.3. The van der Waals surface area contributed by atoms with Crippen LogP contribution < -0.4 is 21.3 Å². The molecule has 0 heterocycles.